The number of hydrogen-bond acceptors (Lipinski definition) is 5. The van der Waals surface area contributed by atoms with Crippen LogP contribution in [0.25, 0.3) is 10.9 Å². The molecule has 1 aromatic heterocycles. The molecular formula is C23H33N3O5. The van der Waals surface area contributed by atoms with Gasteiger partial charge in [-0.25, -0.2) is 4.79 Å². The highest BCUT2D eigenvalue weighted by Crippen LogP contribution is 2.29. The van der Waals surface area contributed by atoms with E-state index in [-0.39, 0.29) is 35.3 Å². The lowest BCUT2D eigenvalue weighted by molar-refractivity contribution is -0.140. The van der Waals surface area contributed by atoms with Crippen molar-refractivity contribution in [2.75, 3.05) is 19.8 Å². The van der Waals surface area contributed by atoms with E-state index in [2.05, 4.69) is 10.3 Å². The molecule has 2 N–H and O–H groups in total. The minimum Gasteiger partial charge on any atom is -0.356 e. The van der Waals surface area contributed by atoms with Crippen molar-refractivity contribution in [3.8, 4) is 0 Å². The summed E-state index contributed by atoms with van der Waals surface area (Å²) in [7, 11) is 0. The summed E-state index contributed by atoms with van der Waals surface area (Å²) in [6.07, 6.45) is 3.49. The van der Waals surface area contributed by atoms with Crippen LogP contribution in [0.15, 0.2) is 33.9 Å². The van der Waals surface area contributed by atoms with Gasteiger partial charge in [-0.1, -0.05) is 12.1 Å². The molecule has 0 saturated heterocycles. The zero-order chi connectivity index (χ0) is 22.2. The lowest BCUT2D eigenvalue weighted by Crippen LogP contribution is -2.39. The molecule has 3 rings (SSSR count). The summed E-state index contributed by atoms with van der Waals surface area (Å²) in [4.78, 5) is 40.4. The van der Waals surface area contributed by atoms with E-state index >= 15 is 0 Å². The second-order valence-electron chi connectivity index (χ2n) is 8.03. The highest BCUT2D eigenvalue weighted by Gasteiger charge is 2.27. The third-order valence-corrected chi connectivity index (χ3v) is 5.93. The van der Waals surface area contributed by atoms with Crippen LogP contribution in [-0.4, -0.2) is 41.5 Å². The van der Waals surface area contributed by atoms with Crippen LogP contribution >= 0.6 is 0 Å². The lowest BCUT2D eigenvalue weighted by Gasteiger charge is -2.28. The summed E-state index contributed by atoms with van der Waals surface area (Å²) >= 11 is 0. The molecule has 0 bridgehead atoms. The van der Waals surface area contributed by atoms with Crippen molar-refractivity contribution in [2.45, 2.75) is 58.8 Å². The number of aromatic amines is 1. The van der Waals surface area contributed by atoms with Gasteiger partial charge in [0.05, 0.1) is 10.9 Å². The topological polar surface area (TPSA) is 102 Å². The summed E-state index contributed by atoms with van der Waals surface area (Å²) in [5.41, 5.74) is -0.0656. The van der Waals surface area contributed by atoms with E-state index in [4.69, 9.17) is 9.47 Å². The van der Waals surface area contributed by atoms with Gasteiger partial charge in [-0.15, -0.1) is 0 Å². The second kappa shape index (κ2) is 11.2. The number of nitrogens with zero attached hydrogens (tertiary/aromatic N) is 1. The number of hydrogen-bond donors (Lipinski definition) is 2. The third kappa shape index (κ3) is 6.04. The zero-order valence-corrected chi connectivity index (χ0v) is 18.4. The van der Waals surface area contributed by atoms with E-state index in [1.807, 2.05) is 13.8 Å². The number of fused-ring (bicyclic) bond motifs is 1. The quantitative estimate of drug-likeness (QED) is 0.563. The summed E-state index contributed by atoms with van der Waals surface area (Å²) in [5.74, 6) is 0.246. The summed E-state index contributed by atoms with van der Waals surface area (Å²) in [5, 5.41) is 3.51. The van der Waals surface area contributed by atoms with Crippen LogP contribution in [0.3, 0.4) is 0 Å². The Bertz CT molecular complexity index is 969. The Labute approximate surface area is 181 Å². The monoisotopic (exact) mass is 431 g/mol. The number of aromatic nitrogens is 2. The highest BCUT2D eigenvalue weighted by atomic mass is 16.7. The van der Waals surface area contributed by atoms with Crippen LogP contribution in [0.5, 0.6) is 0 Å². The number of rotatable bonds is 10. The molecule has 1 aliphatic rings. The van der Waals surface area contributed by atoms with Gasteiger partial charge in [-0.3, -0.25) is 14.2 Å². The predicted molar refractivity (Wildman–Crippen MR) is 119 cm³/mol. The largest absolute Gasteiger partial charge is 0.356 e. The van der Waals surface area contributed by atoms with E-state index in [0.29, 0.717) is 43.6 Å². The number of H-pyrrole nitrogens is 1. The molecule has 0 spiro atoms. The molecule has 8 heteroatoms. The number of carbonyl (C=O) groups excluding carboxylic acids is 1. The van der Waals surface area contributed by atoms with Crippen LogP contribution in [0.1, 0.15) is 46.0 Å². The third-order valence-electron chi connectivity index (χ3n) is 5.93. The first-order valence-corrected chi connectivity index (χ1v) is 11.3. The van der Waals surface area contributed by atoms with E-state index in [1.54, 1.807) is 24.3 Å². The Morgan fingerprint density at radius 2 is 1.81 bits per heavy atom. The maximum Gasteiger partial charge on any atom is 0.328 e. The van der Waals surface area contributed by atoms with Crippen molar-refractivity contribution in [1.82, 2.24) is 14.9 Å². The van der Waals surface area contributed by atoms with Crippen LogP contribution < -0.4 is 16.6 Å². The predicted octanol–water partition coefficient (Wildman–Crippen LogP) is 2.40. The minimum atomic E-state index is -0.373. The van der Waals surface area contributed by atoms with Gasteiger partial charge in [0.2, 0.25) is 5.91 Å². The molecule has 8 nitrogen and oxygen atoms in total. The molecule has 0 atom stereocenters. The normalized spacial score (nSPS) is 19.1. The molecule has 0 radical (unpaired) electrons. The summed E-state index contributed by atoms with van der Waals surface area (Å²) in [6.45, 7) is 5.90. The fourth-order valence-corrected chi connectivity index (χ4v) is 4.27. The Morgan fingerprint density at radius 1 is 1.13 bits per heavy atom. The van der Waals surface area contributed by atoms with Crippen molar-refractivity contribution in [3.05, 3.63) is 45.1 Å². The molecule has 1 heterocycles. The maximum absolute atomic E-state index is 12.7. The number of amides is 1. The fourth-order valence-electron chi connectivity index (χ4n) is 4.27. The van der Waals surface area contributed by atoms with E-state index in [1.165, 1.54) is 4.57 Å². The number of para-hydroxylation sites is 1. The molecule has 1 aliphatic carbocycles. The van der Waals surface area contributed by atoms with Gasteiger partial charge >= 0.3 is 5.69 Å². The van der Waals surface area contributed by atoms with Crippen molar-refractivity contribution >= 4 is 16.8 Å². The van der Waals surface area contributed by atoms with E-state index < -0.39 is 0 Å². The van der Waals surface area contributed by atoms with Gasteiger partial charge < -0.3 is 19.8 Å². The summed E-state index contributed by atoms with van der Waals surface area (Å²) < 4.78 is 12.3. The maximum atomic E-state index is 12.7. The minimum absolute atomic E-state index is 0.0273. The molecule has 1 fully saturated rings. The van der Waals surface area contributed by atoms with Gasteiger partial charge in [-0.2, -0.15) is 0 Å². The van der Waals surface area contributed by atoms with Gasteiger partial charge in [0.1, 0.15) is 0 Å². The number of benzene rings is 1. The first-order valence-electron chi connectivity index (χ1n) is 11.3. The van der Waals surface area contributed by atoms with E-state index in [0.717, 1.165) is 25.7 Å². The Kier molecular flexibility index (Phi) is 8.43. The average Bonchev–Trinajstić information content (AvgIpc) is 2.77. The molecule has 1 amide bonds. The molecule has 0 aliphatic heterocycles. The lowest BCUT2D eigenvalue weighted by atomic mass is 9.81. The standard InChI is InChI=1S/C23H33N3O5/c1-3-30-20(31-4-2)13-14-24-21(27)17-11-9-16(10-12-17)15-26-22(28)18-7-5-6-8-19(18)25-23(26)29/h5-8,16-17,20H,3-4,9-15H2,1-2H3,(H,24,27)(H,25,29). The van der Waals surface area contributed by atoms with Crippen LogP contribution in [0, 0.1) is 11.8 Å². The van der Waals surface area contributed by atoms with Crippen molar-refractivity contribution in [3.63, 3.8) is 0 Å². The van der Waals surface area contributed by atoms with Crippen molar-refractivity contribution in [1.29, 1.82) is 0 Å². The van der Waals surface area contributed by atoms with Gasteiger partial charge in [0, 0.05) is 38.6 Å². The first-order chi connectivity index (χ1) is 15.0. The zero-order valence-electron chi connectivity index (χ0n) is 18.4. The van der Waals surface area contributed by atoms with Gasteiger partial charge in [-0.05, 0) is 57.6 Å². The van der Waals surface area contributed by atoms with Crippen LogP contribution in [0.4, 0.5) is 0 Å². The van der Waals surface area contributed by atoms with E-state index in [9.17, 15) is 14.4 Å². The molecule has 1 aromatic carbocycles. The molecule has 170 valence electrons. The van der Waals surface area contributed by atoms with Gasteiger partial charge in [0.15, 0.2) is 6.29 Å². The SMILES string of the molecule is CCOC(CCNC(=O)C1CCC(Cn2c(=O)[nH]c3ccccc3c2=O)CC1)OCC. The fraction of sp³-hybridized carbons (Fsp3) is 0.609. The Balaban J connectivity index is 1.50. The number of nitrogens with one attached hydrogen (secondary N) is 2. The number of ether oxygens (including phenoxy) is 2. The van der Waals surface area contributed by atoms with Crippen molar-refractivity contribution in [2.24, 2.45) is 11.8 Å². The smallest absolute Gasteiger partial charge is 0.328 e. The Hall–Kier alpha value is -2.45. The summed E-state index contributed by atoms with van der Waals surface area (Å²) in [6, 6.07) is 7.05. The van der Waals surface area contributed by atoms with Crippen LogP contribution in [0.2, 0.25) is 0 Å². The molecule has 31 heavy (non-hydrogen) atoms. The molecular weight excluding hydrogens is 398 g/mol. The van der Waals surface area contributed by atoms with Gasteiger partial charge in [0.25, 0.3) is 5.56 Å². The molecule has 1 saturated carbocycles. The first kappa shape index (κ1) is 23.2. The van der Waals surface area contributed by atoms with Crippen LogP contribution in [-0.2, 0) is 20.8 Å². The average molecular weight is 432 g/mol. The number of carbonyl (C=O) groups is 1. The van der Waals surface area contributed by atoms with Crippen molar-refractivity contribution < 1.29 is 14.3 Å². The molecule has 0 unspecified atom stereocenters. The highest BCUT2D eigenvalue weighted by molar-refractivity contribution is 5.78. The second-order valence-corrected chi connectivity index (χ2v) is 8.03. The molecule has 2 aromatic rings. The Morgan fingerprint density at radius 3 is 2.48 bits per heavy atom.